The molecule has 1 heterocycles. The summed E-state index contributed by atoms with van der Waals surface area (Å²) in [5.41, 5.74) is 0.742. The number of hydrogen-bond acceptors (Lipinski definition) is 6. The number of carbonyl (C=O) groups is 2. The summed E-state index contributed by atoms with van der Waals surface area (Å²) in [7, 11) is 0. The molecule has 0 saturated heterocycles. The van der Waals surface area contributed by atoms with Crippen LogP contribution in [0, 0.1) is 0 Å². The number of rotatable bonds is 7. The van der Waals surface area contributed by atoms with Crippen LogP contribution in [-0.2, 0) is 17.9 Å². The zero-order valence-corrected chi connectivity index (χ0v) is 20.1. The van der Waals surface area contributed by atoms with E-state index in [1.165, 1.54) is 17.0 Å². The fourth-order valence-corrected chi connectivity index (χ4v) is 3.27. The largest absolute Gasteiger partial charge is 0.489 e. The van der Waals surface area contributed by atoms with Gasteiger partial charge in [0.15, 0.2) is 11.5 Å². The number of aromatic carboxylic acids is 1. The summed E-state index contributed by atoms with van der Waals surface area (Å²) >= 11 is 3.47. The van der Waals surface area contributed by atoms with Crippen LogP contribution in [0.3, 0.4) is 0 Å². The summed E-state index contributed by atoms with van der Waals surface area (Å²) in [4.78, 5) is 25.5. The minimum Gasteiger partial charge on any atom is -0.489 e. The lowest BCUT2D eigenvalue weighted by Crippen LogP contribution is -2.37. The molecule has 172 valence electrons. The Morgan fingerprint density at radius 1 is 1.03 bits per heavy atom. The van der Waals surface area contributed by atoms with E-state index >= 15 is 0 Å². The van der Waals surface area contributed by atoms with Crippen LogP contribution in [0.15, 0.2) is 65.1 Å². The van der Waals surface area contributed by atoms with Crippen molar-refractivity contribution in [2.75, 3.05) is 4.90 Å². The molecule has 1 aromatic heterocycles. The Kier molecular flexibility index (Phi) is 7.65. The molecular weight excluding hydrogens is 490 g/mol. The van der Waals surface area contributed by atoms with E-state index in [0.717, 1.165) is 10.0 Å². The average molecular weight is 514 g/mol. The van der Waals surface area contributed by atoms with Gasteiger partial charge in [-0.25, -0.2) is 9.59 Å². The Labute approximate surface area is 200 Å². The standard InChI is InChI=1S/C24H24BrN3O5/c1-24(2,3)33-23(31)28(21-12-10-19(22(29)30)26-27-21)14-17-13-18(25)9-11-20(17)32-15-16-7-5-4-6-8-16/h4-13H,14-15H2,1-3H3,(H,29,30). The highest BCUT2D eigenvalue weighted by Crippen LogP contribution is 2.28. The van der Waals surface area contributed by atoms with E-state index in [0.29, 0.717) is 17.9 Å². The quantitative estimate of drug-likeness (QED) is 0.447. The van der Waals surface area contributed by atoms with Crippen LogP contribution in [0.25, 0.3) is 0 Å². The second kappa shape index (κ2) is 10.4. The SMILES string of the molecule is CC(C)(C)OC(=O)N(Cc1cc(Br)ccc1OCc1ccccc1)c1ccc(C(=O)O)nn1. The monoisotopic (exact) mass is 513 g/mol. The van der Waals surface area contributed by atoms with Crippen molar-refractivity contribution in [1.29, 1.82) is 0 Å². The van der Waals surface area contributed by atoms with Crippen molar-refractivity contribution in [3.63, 3.8) is 0 Å². The molecule has 0 spiro atoms. The lowest BCUT2D eigenvalue weighted by Gasteiger charge is -2.27. The Morgan fingerprint density at radius 2 is 1.76 bits per heavy atom. The van der Waals surface area contributed by atoms with E-state index in [4.69, 9.17) is 14.6 Å². The van der Waals surface area contributed by atoms with Crippen molar-refractivity contribution in [1.82, 2.24) is 10.2 Å². The molecule has 2 aromatic carbocycles. The lowest BCUT2D eigenvalue weighted by molar-refractivity contribution is 0.0575. The van der Waals surface area contributed by atoms with Gasteiger partial charge in [0.25, 0.3) is 0 Å². The summed E-state index contributed by atoms with van der Waals surface area (Å²) in [5, 5.41) is 16.7. The molecule has 0 radical (unpaired) electrons. The van der Waals surface area contributed by atoms with E-state index in [-0.39, 0.29) is 18.1 Å². The Bertz CT molecular complexity index is 1120. The molecule has 8 nitrogen and oxygen atoms in total. The van der Waals surface area contributed by atoms with Crippen LogP contribution < -0.4 is 9.64 Å². The molecular formula is C24H24BrN3O5. The Hall–Kier alpha value is -3.46. The average Bonchev–Trinajstić information content (AvgIpc) is 2.76. The van der Waals surface area contributed by atoms with Gasteiger partial charge >= 0.3 is 12.1 Å². The third-order valence-corrected chi connectivity index (χ3v) is 4.84. The smallest absolute Gasteiger partial charge is 0.416 e. The molecule has 1 N–H and O–H groups in total. The van der Waals surface area contributed by atoms with Crippen molar-refractivity contribution in [3.05, 3.63) is 82.0 Å². The van der Waals surface area contributed by atoms with E-state index in [2.05, 4.69) is 26.1 Å². The highest BCUT2D eigenvalue weighted by atomic mass is 79.9. The van der Waals surface area contributed by atoms with Crippen LogP contribution in [0.1, 0.15) is 42.4 Å². The molecule has 0 saturated carbocycles. The second-order valence-corrected chi connectivity index (χ2v) is 9.09. The molecule has 1 amide bonds. The summed E-state index contributed by atoms with van der Waals surface area (Å²) in [6, 6.07) is 17.9. The number of anilines is 1. The van der Waals surface area contributed by atoms with Crippen LogP contribution >= 0.6 is 15.9 Å². The summed E-state index contributed by atoms with van der Waals surface area (Å²) in [5.74, 6) is -0.463. The summed E-state index contributed by atoms with van der Waals surface area (Å²) < 4.78 is 12.4. The first kappa shape index (κ1) is 24.2. The fourth-order valence-electron chi connectivity index (χ4n) is 2.86. The third-order valence-electron chi connectivity index (χ3n) is 4.35. The van der Waals surface area contributed by atoms with Gasteiger partial charge in [-0.15, -0.1) is 10.2 Å². The van der Waals surface area contributed by atoms with Crippen molar-refractivity contribution in [2.24, 2.45) is 0 Å². The molecule has 9 heteroatoms. The van der Waals surface area contributed by atoms with E-state index in [9.17, 15) is 9.59 Å². The van der Waals surface area contributed by atoms with Gasteiger partial charge in [0.05, 0.1) is 6.54 Å². The highest BCUT2D eigenvalue weighted by molar-refractivity contribution is 9.10. The zero-order valence-electron chi connectivity index (χ0n) is 18.5. The van der Waals surface area contributed by atoms with Gasteiger partial charge in [0, 0.05) is 10.0 Å². The predicted octanol–water partition coefficient (Wildman–Crippen LogP) is 5.46. The molecule has 3 aromatic rings. The molecule has 0 unspecified atom stereocenters. The molecule has 0 bridgehead atoms. The van der Waals surface area contributed by atoms with Crippen LogP contribution in [-0.4, -0.2) is 33.0 Å². The van der Waals surface area contributed by atoms with Crippen molar-refractivity contribution >= 4 is 33.8 Å². The number of halogens is 1. The molecule has 0 fully saturated rings. The van der Waals surface area contributed by atoms with Crippen molar-refractivity contribution < 1.29 is 24.2 Å². The summed E-state index contributed by atoms with van der Waals surface area (Å²) in [6.07, 6.45) is -0.645. The number of ether oxygens (including phenoxy) is 2. The van der Waals surface area contributed by atoms with Gasteiger partial charge in [0.2, 0.25) is 0 Å². The lowest BCUT2D eigenvalue weighted by atomic mass is 10.1. The maximum Gasteiger partial charge on any atom is 0.416 e. The normalized spacial score (nSPS) is 11.0. The third kappa shape index (κ3) is 7.01. The molecule has 0 atom stereocenters. The molecule has 0 aliphatic carbocycles. The molecule has 33 heavy (non-hydrogen) atoms. The van der Waals surface area contributed by atoms with Gasteiger partial charge in [-0.1, -0.05) is 46.3 Å². The second-order valence-electron chi connectivity index (χ2n) is 8.17. The first-order valence-electron chi connectivity index (χ1n) is 10.1. The van der Waals surface area contributed by atoms with Gasteiger partial charge < -0.3 is 14.6 Å². The zero-order chi connectivity index (χ0) is 24.0. The van der Waals surface area contributed by atoms with Gasteiger partial charge in [-0.3, -0.25) is 4.90 Å². The number of hydrogen-bond donors (Lipinski definition) is 1. The van der Waals surface area contributed by atoms with Crippen molar-refractivity contribution in [3.8, 4) is 5.75 Å². The molecule has 0 aliphatic rings. The minimum absolute atomic E-state index is 0.0690. The topological polar surface area (TPSA) is 102 Å². The minimum atomic E-state index is -1.21. The number of amides is 1. The number of nitrogens with zero attached hydrogens (tertiary/aromatic N) is 3. The fraction of sp³-hybridized carbons (Fsp3) is 0.250. The summed E-state index contributed by atoms with van der Waals surface area (Å²) in [6.45, 7) is 5.70. The van der Waals surface area contributed by atoms with Gasteiger partial charge in [0.1, 0.15) is 18.0 Å². The first-order valence-corrected chi connectivity index (χ1v) is 10.9. The molecule has 0 aliphatic heterocycles. The van der Waals surface area contributed by atoms with Gasteiger partial charge in [-0.05, 0) is 56.7 Å². The Morgan fingerprint density at radius 3 is 2.36 bits per heavy atom. The highest BCUT2D eigenvalue weighted by Gasteiger charge is 2.26. The van der Waals surface area contributed by atoms with Crippen LogP contribution in [0.4, 0.5) is 10.6 Å². The van der Waals surface area contributed by atoms with Crippen molar-refractivity contribution in [2.45, 2.75) is 39.5 Å². The number of aromatic nitrogens is 2. The number of carboxylic acid groups (broad SMARTS) is 1. The maximum atomic E-state index is 13.0. The number of carboxylic acids is 1. The van der Waals surface area contributed by atoms with E-state index in [1.54, 1.807) is 20.8 Å². The van der Waals surface area contributed by atoms with E-state index < -0.39 is 17.7 Å². The van der Waals surface area contributed by atoms with E-state index in [1.807, 2.05) is 48.5 Å². The number of benzene rings is 2. The van der Waals surface area contributed by atoms with Crippen LogP contribution in [0.2, 0.25) is 0 Å². The van der Waals surface area contributed by atoms with Gasteiger partial charge in [-0.2, -0.15) is 0 Å². The maximum absolute atomic E-state index is 13.0. The van der Waals surface area contributed by atoms with Crippen LogP contribution in [0.5, 0.6) is 5.75 Å². The predicted molar refractivity (Wildman–Crippen MR) is 126 cm³/mol. The first-order chi connectivity index (χ1) is 15.6. The Balaban J connectivity index is 1.92. The number of carbonyl (C=O) groups excluding carboxylic acids is 1. The molecule has 3 rings (SSSR count).